The molecule has 0 unspecified atom stereocenters. The van der Waals surface area contributed by atoms with Gasteiger partial charge >= 0.3 is 0 Å². The zero-order chi connectivity index (χ0) is 16.5. The van der Waals surface area contributed by atoms with Gasteiger partial charge < -0.3 is 15.5 Å². The molecular weight excluding hydrogens is 300 g/mol. The zero-order valence-electron chi connectivity index (χ0n) is 12.9. The molecule has 24 heavy (non-hydrogen) atoms. The van der Waals surface area contributed by atoms with E-state index in [0.29, 0.717) is 5.69 Å². The number of hydrogen-bond donors (Lipinski definition) is 2. The molecule has 5 nitrogen and oxygen atoms in total. The van der Waals surface area contributed by atoms with Gasteiger partial charge in [-0.3, -0.25) is 4.79 Å². The molecule has 0 bridgehead atoms. The van der Waals surface area contributed by atoms with E-state index in [1.165, 1.54) is 10.8 Å². The highest BCUT2D eigenvalue weighted by atomic mass is 16.1. The van der Waals surface area contributed by atoms with Crippen LogP contribution in [0.25, 0.3) is 27.7 Å². The van der Waals surface area contributed by atoms with Crippen LogP contribution in [-0.4, -0.2) is 21.8 Å². The molecule has 2 heterocycles. The van der Waals surface area contributed by atoms with Crippen molar-refractivity contribution in [3.8, 4) is 11.3 Å². The van der Waals surface area contributed by atoms with Crippen molar-refractivity contribution in [2.75, 3.05) is 11.9 Å². The van der Waals surface area contributed by atoms with Gasteiger partial charge in [-0.2, -0.15) is 0 Å². The maximum atomic E-state index is 11.4. The van der Waals surface area contributed by atoms with E-state index in [2.05, 4.69) is 29.6 Å². The number of hydrogen-bond acceptors (Lipinski definition) is 3. The number of fused-ring (bicyclic) bond motifs is 2. The predicted octanol–water partition coefficient (Wildman–Crippen LogP) is 3.05. The summed E-state index contributed by atoms with van der Waals surface area (Å²) in [5.74, 6) is -0.219. The Balaban J connectivity index is 1.81. The molecule has 0 saturated carbocycles. The molecule has 118 valence electrons. The van der Waals surface area contributed by atoms with Crippen molar-refractivity contribution in [1.82, 2.24) is 9.38 Å². The van der Waals surface area contributed by atoms with E-state index in [-0.39, 0.29) is 12.5 Å². The molecule has 3 N–H and O–H groups in total. The molecule has 0 aliphatic heterocycles. The second-order valence-corrected chi connectivity index (χ2v) is 5.59. The quantitative estimate of drug-likeness (QED) is 0.610. The lowest BCUT2D eigenvalue weighted by Gasteiger charge is -2.03. The number of aromatic nitrogens is 2. The number of pyridine rings is 1. The van der Waals surface area contributed by atoms with Gasteiger partial charge in [0.25, 0.3) is 0 Å². The summed E-state index contributed by atoms with van der Waals surface area (Å²) in [6, 6.07) is 18.1. The highest BCUT2D eigenvalue weighted by molar-refractivity contribution is 5.96. The lowest BCUT2D eigenvalue weighted by molar-refractivity contribution is -0.114. The van der Waals surface area contributed by atoms with E-state index in [0.717, 1.165) is 16.9 Å². The number of imidazole rings is 1. The van der Waals surface area contributed by atoms with Crippen LogP contribution in [0.5, 0.6) is 0 Å². The third kappa shape index (κ3) is 2.51. The number of carbonyl (C=O) groups is 1. The Morgan fingerprint density at radius 1 is 1.04 bits per heavy atom. The Labute approximate surface area is 138 Å². The Bertz CT molecular complexity index is 1050. The van der Waals surface area contributed by atoms with Gasteiger partial charge in [0.05, 0.1) is 17.9 Å². The average Bonchev–Trinajstić information content (AvgIpc) is 3.04. The van der Waals surface area contributed by atoms with Gasteiger partial charge in [0.2, 0.25) is 5.91 Å². The van der Waals surface area contributed by atoms with Crippen molar-refractivity contribution in [3.63, 3.8) is 0 Å². The molecule has 0 fully saturated rings. The number of amides is 1. The minimum atomic E-state index is -0.219. The standard InChI is InChI=1S/C19H16N4O/c20-10-19(24)21-14-8-9-18-22-17(12-23(18)11-14)16-7-3-5-13-4-1-2-6-15(13)16/h1-9,11-12H,10,20H2,(H,21,24). The second-order valence-electron chi connectivity index (χ2n) is 5.59. The maximum absolute atomic E-state index is 11.4. The van der Waals surface area contributed by atoms with Crippen LogP contribution in [0.4, 0.5) is 5.69 Å². The van der Waals surface area contributed by atoms with E-state index in [1.54, 1.807) is 0 Å². The third-order valence-corrected chi connectivity index (χ3v) is 3.99. The van der Waals surface area contributed by atoms with E-state index < -0.39 is 0 Å². The summed E-state index contributed by atoms with van der Waals surface area (Å²) in [4.78, 5) is 16.1. The molecule has 2 aromatic carbocycles. The number of anilines is 1. The summed E-state index contributed by atoms with van der Waals surface area (Å²) in [5.41, 5.74) is 8.84. The summed E-state index contributed by atoms with van der Waals surface area (Å²) < 4.78 is 1.91. The van der Waals surface area contributed by atoms with Crippen LogP contribution < -0.4 is 11.1 Å². The molecule has 0 atom stereocenters. The minimum Gasteiger partial charge on any atom is -0.324 e. The van der Waals surface area contributed by atoms with Crippen molar-refractivity contribution in [3.05, 3.63) is 67.0 Å². The number of nitrogens with zero attached hydrogens (tertiary/aromatic N) is 2. The molecule has 2 aromatic heterocycles. The highest BCUT2D eigenvalue weighted by Gasteiger charge is 2.09. The van der Waals surface area contributed by atoms with Crippen LogP contribution in [0, 0.1) is 0 Å². The molecule has 0 aliphatic carbocycles. The fourth-order valence-corrected chi connectivity index (χ4v) is 2.86. The molecule has 0 saturated heterocycles. The summed E-state index contributed by atoms with van der Waals surface area (Å²) in [7, 11) is 0. The number of carbonyl (C=O) groups excluding carboxylic acids is 1. The molecule has 4 rings (SSSR count). The average molecular weight is 316 g/mol. The fraction of sp³-hybridized carbons (Fsp3) is 0.0526. The minimum absolute atomic E-state index is 0.0385. The number of nitrogens with one attached hydrogen (secondary N) is 1. The second kappa shape index (κ2) is 5.79. The van der Waals surface area contributed by atoms with Crippen LogP contribution in [0.2, 0.25) is 0 Å². The van der Waals surface area contributed by atoms with Gasteiger partial charge in [0.1, 0.15) is 5.65 Å². The van der Waals surface area contributed by atoms with E-state index in [4.69, 9.17) is 10.7 Å². The number of nitrogens with two attached hydrogens (primary N) is 1. The third-order valence-electron chi connectivity index (χ3n) is 3.99. The predicted molar refractivity (Wildman–Crippen MR) is 95.8 cm³/mol. The van der Waals surface area contributed by atoms with E-state index in [9.17, 15) is 4.79 Å². The Kier molecular flexibility index (Phi) is 3.48. The molecule has 0 spiro atoms. The molecule has 4 aromatic rings. The fourth-order valence-electron chi connectivity index (χ4n) is 2.86. The van der Waals surface area contributed by atoms with Crippen LogP contribution in [0.1, 0.15) is 0 Å². The van der Waals surface area contributed by atoms with Crippen molar-refractivity contribution >= 4 is 28.0 Å². The van der Waals surface area contributed by atoms with Gasteiger partial charge in [0.15, 0.2) is 0 Å². The SMILES string of the molecule is NCC(=O)Nc1ccc2nc(-c3cccc4ccccc34)cn2c1. The van der Waals surface area contributed by atoms with Gasteiger partial charge in [-0.05, 0) is 22.9 Å². The summed E-state index contributed by atoms with van der Waals surface area (Å²) in [5, 5.41) is 5.10. The first-order valence-electron chi connectivity index (χ1n) is 7.71. The Morgan fingerprint density at radius 2 is 1.88 bits per heavy atom. The molecule has 1 amide bonds. The first-order chi connectivity index (χ1) is 11.7. The molecular formula is C19H16N4O. The molecule has 0 aliphatic rings. The van der Waals surface area contributed by atoms with Crippen molar-refractivity contribution in [1.29, 1.82) is 0 Å². The summed E-state index contributed by atoms with van der Waals surface area (Å²) >= 11 is 0. The van der Waals surface area contributed by atoms with Crippen molar-refractivity contribution in [2.24, 2.45) is 5.73 Å². The largest absolute Gasteiger partial charge is 0.324 e. The van der Waals surface area contributed by atoms with Crippen molar-refractivity contribution < 1.29 is 4.79 Å². The van der Waals surface area contributed by atoms with E-state index in [1.807, 2.05) is 47.1 Å². The van der Waals surface area contributed by atoms with Gasteiger partial charge in [-0.1, -0.05) is 42.5 Å². The van der Waals surface area contributed by atoms with Gasteiger partial charge in [-0.15, -0.1) is 0 Å². The smallest absolute Gasteiger partial charge is 0.238 e. The number of rotatable bonds is 3. The van der Waals surface area contributed by atoms with Crippen LogP contribution in [0.15, 0.2) is 67.0 Å². The summed E-state index contributed by atoms with van der Waals surface area (Å²) in [6.07, 6.45) is 3.81. The van der Waals surface area contributed by atoms with Crippen molar-refractivity contribution in [2.45, 2.75) is 0 Å². The maximum Gasteiger partial charge on any atom is 0.238 e. The number of benzene rings is 2. The lowest BCUT2D eigenvalue weighted by atomic mass is 10.0. The van der Waals surface area contributed by atoms with E-state index >= 15 is 0 Å². The zero-order valence-corrected chi connectivity index (χ0v) is 12.9. The first-order valence-corrected chi connectivity index (χ1v) is 7.71. The van der Waals surface area contributed by atoms with Gasteiger partial charge in [-0.25, -0.2) is 4.98 Å². The topological polar surface area (TPSA) is 72.4 Å². The lowest BCUT2D eigenvalue weighted by Crippen LogP contribution is -2.21. The molecule has 5 heteroatoms. The Hall–Kier alpha value is -3.18. The van der Waals surface area contributed by atoms with Crippen LogP contribution in [-0.2, 0) is 4.79 Å². The monoisotopic (exact) mass is 316 g/mol. The van der Waals surface area contributed by atoms with Crippen LogP contribution >= 0.6 is 0 Å². The van der Waals surface area contributed by atoms with Gasteiger partial charge in [0, 0.05) is 18.0 Å². The van der Waals surface area contributed by atoms with Crippen LogP contribution in [0.3, 0.4) is 0 Å². The first kappa shape index (κ1) is 14.4. The summed E-state index contributed by atoms with van der Waals surface area (Å²) in [6.45, 7) is -0.0385. The molecule has 0 radical (unpaired) electrons. The highest BCUT2D eigenvalue weighted by Crippen LogP contribution is 2.28. The Morgan fingerprint density at radius 3 is 2.75 bits per heavy atom. The normalized spacial score (nSPS) is 11.0.